The van der Waals surface area contributed by atoms with Crippen molar-refractivity contribution in [2.75, 3.05) is 13.7 Å². The quantitative estimate of drug-likeness (QED) is 0.733. The molecule has 0 unspecified atom stereocenters. The van der Waals surface area contributed by atoms with Gasteiger partial charge in [-0.25, -0.2) is 0 Å². The van der Waals surface area contributed by atoms with Crippen molar-refractivity contribution in [1.29, 1.82) is 5.26 Å². The largest absolute Gasteiger partial charge is 0.492 e. The Hall–Kier alpha value is -1.60. The van der Waals surface area contributed by atoms with Crippen LogP contribution in [-0.4, -0.2) is 18.6 Å². The molecule has 0 spiro atoms. The number of aromatic nitrogens is 1. The summed E-state index contributed by atoms with van der Waals surface area (Å²) in [4.78, 5) is 4.44. The number of rotatable bonds is 7. The number of unbranched alkanes of at least 4 members (excludes halogenated alkanes) is 2. The monoisotopic (exact) mass is 233 g/mol. The average Bonchev–Trinajstić information content (AvgIpc) is 2.32. The lowest BCUT2D eigenvalue weighted by Crippen LogP contribution is -2.10. The van der Waals surface area contributed by atoms with E-state index in [1.54, 1.807) is 0 Å². The Morgan fingerprint density at radius 1 is 1.41 bits per heavy atom. The highest BCUT2D eigenvalue weighted by Gasteiger charge is 2.04. The van der Waals surface area contributed by atoms with E-state index in [0.717, 1.165) is 30.0 Å². The Morgan fingerprint density at radius 3 is 2.94 bits per heavy atom. The second-order valence-corrected chi connectivity index (χ2v) is 3.89. The number of ether oxygens (including phenoxy) is 1. The Labute approximate surface area is 103 Å². The average molecular weight is 233 g/mol. The molecule has 0 saturated heterocycles. The van der Waals surface area contributed by atoms with E-state index in [0.29, 0.717) is 19.6 Å². The molecule has 1 N–H and O–H groups in total. The van der Waals surface area contributed by atoms with E-state index < -0.39 is 0 Å². The fourth-order valence-electron chi connectivity index (χ4n) is 1.51. The Morgan fingerprint density at radius 2 is 2.24 bits per heavy atom. The first kappa shape index (κ1) is 13.5. The molecule has 4 heteroatoms. The number of pyridine rings is 1. The van der Waals surface area contributed by atoms with Gasteiger partial charge in [0.2, 0.25) is 0 Å². The second-order valence-electron chi connectivity index (χ2n) is 3.89. The number of nitriles is 1. The van der Waals surface area contributed by atoms with E-state index in [2.05, 4.69) is 16.4 Å². The van der Waals surface area contributed by atoms with Gasteiger partial charge in [-0.2, -0.15) is 5.26 Å². The van der Waals surface area contributed by atoms with Crippen molar-refractivity contribution < 1.29 is 4.74 Å². The molecule has 0 amide bonds. The van der Waals surface area contributed by atoms with Gasteiger partial charge in [0.15, 0.2) is 0 Å². The van der Waals surface area contributed by atoms with Crippen LogP contribution in [0.1, 0.15) is 30.7 Å². The molecular weight excluding hydrogens is 214 g/mol. The molecule has 1 aromatic rings. The van der Waals surface area contributed by atoms with E-state index in [1.165, 1.54) is 0 Å². The maximum atomic E-state index is 8.42. The highest BCUT2D eigenvalue weighted by molar-refractivity contribution is 5.29. The van der Waals surface area contributed by atoms with Crippen molar-refractivity contribution in [1.82, 2.24) is 10.3 Å². The minimum Gasteiger partial charge on any atom is -0.492 e. The first-order valence-electron chi connectivity index (χ1n) is 5.88. The normalized spacial score (nSPS) is 9.94. The van der Waals surface area contributed by atoms with Crippen molar-refractivity contribution >= 4 is 0 Å². The van der Waals surface area contributed by atoms with Crippen LogP contribution >= 0.6 is 0 Å². The summed E-state index contributed by atoms with van der Waals surface area (Å²) in [5.74, 6) is 0.835. The van der Waals surface area contributed by atoms with Gasteiger partial charge in [0.1, 0.15) is 5.75 Å². The maximum Gasteiger partial charge on any atom is 0.142 e. The molecule has 0 atom stereocenters. The van der Waals surface area contributed by atoms with Crippen LogP contribution in [0.2, 0.25) is 0 Å². The van der Waals surface area contributed by atoms with Crippen molar-refractivity contribution in [3.8, 4) is 11.8 Å². The van der Waals surface area contributed by atoms with Gasteiger partial charge >= 0.3 is 0 Å². The lowest BCUT2D eigenvalue weighted by molar-refractivity contribution is 0.302. The lowest BCUT2D eigenvalue weighted by Gasteiger charge is -2.10. The number of aryl methyl sites for hydroxylation is 1. The van der Waals surface area contributed by atoms with Gasteiger partial charge < -0.3 is 10.1 Å². The molecular formula is C13H19N3O. The summed E-state index contributed by atoms with van der Waals surface area (Å²) in [7, 11) is 1.89. The molecule has 1 rings (SSSR count). The van der Waals surface area contributed by atoms with Crippen LogP contribution in [0, 0.1) is 18.3 Å². The van der Waals surface area contributed by atoms with E-state index in [1.807, 2.05) is 26.1 Å². The van der Waals surface area contributed by atoms with Gasteiger partial charge in [0.05, 0.1) is 18.4 Å². The molecule has 0 aliphatic carbocycles. The molecule has 0 aromatic carbocycles. The van der Waals surface area contributed by atoms with Gasteiger partial charge in [-0.3, -0.25) is 4.98 Å². The molecule has 0 bridgehead atoms. The van der Waals surface area contributed by atoms with Crippen LogP contribution in [-0.2, 0) is 6.54 Å². The van der Waals surface area contributed by atoms with E-state index >= 15 is 0 Å². The molecule has 0 aliphatic rings. The summed E-state index contributed by atoms with van der Waals surface area (Å²) in [6.45, 7) is 3.31. The molecule has 0 saturated carbocycles. The summed E-state index contributed by atoms with van der Waals surface area (Å²) in [5.41, 5.74) is 1.93. The fraction of sp³-hybridized carbons (Fsp3) is 0.538. The zero-order chi connectivity index (χ0) is 12.5. The number of nitrogens with zero attached hydrogens (tertiary/aromatic N) is 2. The Balaban J connectivity index is 2.49. The molecule has 4 nitrogen and oxygen atoms in total. The lowest BCUT2D eigenvalue weighted by atomic mass is 10.2. The third-order valence-electron chi connectivity index (χ3n) is 2.36. The summed E-state index contributed by atoms with van der Waals surface area (Å²) >= 11 is 0. The van der Waals surface area contributed by atoms with E-state index in [9.17, 15) is 0 Å². The van der Waals surface area contributed by atoms with Crippen LogP contribution in [0.15, 0.2) is 12.1 Å². The minimum absolute atomic E-state index is 0.596. The van der Waals surface area contributed by atoms with Crippen molar-refractivity contribution in [2.24, 2.45) is 0 Å². The van der Waals surface area contributed by atoms with E-state index in [4.69, 9.17) is 10.00 Å². The smallest absolute Gasteiger partial charge is 0.142 e. The molecule has 92 valence electrons. The van der Waals surface area contributed by atoms with Crippen LogP contribution in [0.3, 0.4) is 0 Å². The van der Waals surface area contributed by atoms with Gasteiger partial charge in [0.25, 0.3) is 0 Å². The first-order valence-corrected chi connectivity index (χ1v) is 5.88. The van der Waals surface area contributed by atoms with Crippen LogP contribution in [0.25, 0.3) is 0 Å². The molecule has 1 heterocycles. The van der Waals surface area contributed by atoms with Gasteiger partial charge in [0, 0.05) is 18.7 Å². The third kappa shape index (κ3) is 4.83. The number of hydrogen-bond donors (Lipinski definition) is 1. The van der Waals surface area contributed by atoms with Gasteiger partial charge in [-0.1, -0.05) is 0 Å². The highest BCUT2D eigenvalue weighted by atomic mass is 16.5. The summed E-state index contributed by atoms with van der Waals surface area (Å²) in [6.07, 6.45) is 2.39. The predicted octanol–water partition coefficient (Wildman–Crippen LogP) is 2.18. The second kappa shape index (κ2) is 7.64. The van der Waals surface area contributed by atoms with Crippen LogP contribution in [0.4, 0.5) is 0 Å². The van der Waals surface area contributed by atoms with E-state index in [-0.39, 0.29) is 0 Å². The Kier molecular flexibility index (Phi) is 6.05. The number of hydrogen-bond acceptors (Lipinski definition) is 4. The zero-order valence-corrected chi connectivity index (χ0v) is 10.5. The molecule has 0 fully saturated rings. The SMILES string of the molecule is CNCc1nc(C)ccc1OCCCCC#N. The first-order chi connectivity index (χ1) is 8.27. The fourth-order valence-corrected chi connectivity index (χ4v) is 1.51. The van der Waals surface area contributed by atoms with Crippen molar-refractivity contribution in [3.63, 3.8) is 0 Å². The molecule has 0 aliphatic heterocycles. The summed E-state index contributed by atoms with van der Waals surface area (Å²) in [5, 5.41) is 11.5. The predicted molar refractivity (Wildman–Crippen MR) is 66.7 cm³/mol. The standard InChI is InChI=1S/C13H19N3O/c1-11-6-7-13(12(16-11)10-15-2)17-9-5-3-4-8-14/h6-7,15H,3-5,9-10H2,1-2H3. The molecule has 17 heavy (non-hydrogen) atoms. The van der Waals surface area contributed by atoms with Crippen LogP contribution in [0.5, 0.6) is 5.75 Å². The Bertz CT molecular complexity index is 385. The summed E-state index contributed by atoms with van der Waals surface area (Å²) in [6, 6.07) is 6.03. The topological polar surface area (TPSA) is 57.9 Å². The zero-order valence-electron chi connectivity index (χ0n) is 10.5. The maximum absolute atomic E-state index is 8.42. The highest BCUT2D eigenvalue weighted by Crippen LogP contribution is 2.17. The van der Waals surface area contributed by atoms with Gasteiger partial charge in [-0.05, 0) is 38.9 Å². The molecule has 0 radical (unpaired) electrons. The third-order valence-corrected chi connectivity index (χ3v) is 2.36. The molecule has 1 aromatic heterocycles. The van der Waals surface area contributed by atoms with Crippen molar-refractivity contribution in [3.05, 3.63) is 23.5 Å². The van der Waals surface area contributed by atoms with Crippen LogP contribution < -0.4 is 10.1 Å². The summed E-state index contributed by atoms with van der Waals surface area (Å²) < 4.78 is 5.68. The minimum atomic E-state index is 0.596. The number of nitrogens with one attached hydrogen (secondary N) is 1. The van der Waals surface area contributed by atoms with Gasteiger partial charge in [-0.15, -0.1) is 0 Å². The van der Waals surface area contributed by atoms with Crippen molar-refractivity contribution in [2.45, 2.75) is 32.7 Å².